The zero-order valence-electron chi connectivity index (χ0n) is 20.9. The van der Waals surface area contributed by atoms with Crippen LogP contribution in [0, 0.1) is 0 Å². The second-order valence-electron chi connectivity index (χ2n) is 9.41. The minimum atomic E-state index is 0.622. The van der Waals surface area contributed by atoms with Gasteiger partial charge in [0.1, 0.15) is 11.0 Å². The van der Waals surface area contributed by atoms with Gasteiger partial charge in [0.15, 0.2) is 11.5 Å². The molecule has 0 unspecified atom stereocenters. The van der Waals surface area contributed by atoms with Crippen molar-refractivity contribution in [2.75, 3.05) is 25.0 Å². The summed E-state index contributed by atoms with van der Waals surface area (Å²) in [6.07, 6.45) is 11.8. The van der Waals surface area contributed by atoms with Crippen LogP contribution in [0.3, 0.4) is 0 Å². The number of nitrogens with zero attached hydrogens (tertiary/aromatic N) is 8. The molecule has 6 heterocycles. The lowest BCUT2D eigenvalue weighted by molar-refractivity contribution is 0.331. The zero-order chi connectivity index (χ0) is 25.4. The van der Waals surface area contributed by atoms with Crippen LogP contribution in [0.5, 0.6) is 0 Å². The smallest absolute Gasteiger partial charge is 0.161 e. The molecule has 10 heteroatoms. The Kier molecular flexibility index (Phi) is 5.93. The van der Waals surface area contributed by atoms with E-state index in [2.05, 4.69) is 47.8 Å². The third-order valence-electron chi connectivity index (χ3n) is 6.71. The van der Waals surface area contributed by atoms with Gasteiger partial charge in [0.05, 0.1) is 40.5 Å². The Morgan fingerprint density at radius 1 is 1.08 bits per heavy atom. The number of nitrogens with one attached hydrogen (secondary N) is 2. The van der Waals surface area contributed by atoms with E-state index in [1.54, 1.807) is 12.4 Å². The lowest BCUT2D eigenvalue weighted by Crippen LogP contribution is -2.18. The van der Waals surface area contributed by atoms with Gasteiger partial charge in [-0.3, -0.25) is 25.0 Å². The van der Waals surface area contributed by atoms with Crippen molar-refractivity contribution < 1.29 is 0 Å². The molecule has 2 N–H and O–H groups in total. The summed E-state index contributed by atoms with van der Waals surface area (Å²) < 4.78 is 0. The van der Waals surface area contributed by atoms with Gasteiger partial charge in [-0.2, -0.15) is 5.10 Å². The van der Waals surface area contributed by atoms with E-state index in [9.17, 15) is 0 Å². The van der Waals surface area contributed by atoms with Gasteiger partial charge in [0, 0.05) is 37.7 Å². The molecule has 5 aromatic heterocycles. The Morgan fingerprint density at radius 3 is 2.76 bits per heavy atom. The summed E-state index contributed by atoms with van der Waals surface area (Å²) in [6, 6.07) is 6.18. The molecule has 10 nitrogen and oxygen atoms in total. The van der Waals surface area contributed by atoms with Gasteiger partial charge in [-0.15, -0.1) is 0 Å². The maximum atomic E-state index is 4.97. The molecule has 1 aliphatic rings. The van der Waals surface area contributed by atoms with Crippen molar-refractivity contribution in [1.82, 2.24) is 40.0 Å². The number of hydrogen-bond donors (Lipinski definition) is 2. The molecule has 1 aliphatic heterocycles. The molecular formula is C27H28N10. The third-order valence-corrected chi connectivity index (χ3v) is 6.71. The molecular weight excluding hydrogens is 464 g/mol. The lowest BCUT2D eigenvalue weighted by atomic mass is 10.1. The largest absolute Gasteiger partial charge is 0.346 e. The number of pyridine rings is 3. The maximum Gasteiger partial charge on any atom is 0.161 e. The van der Waals surface area contributed by atoms with Crippen LogP contribution in [0.15, 0.2) is 59.9 Å². The molecule has 0 amide bonds. The predicted molar refractivity (Wildman–Crippen MR) is 146 cm³/mol. The summed E-state index contributed by atoms with van der Waals surface area (Å²) >= 11 is 0. The highest BCUT2D eigenvalue weighted by Crippen LogP contribution is 2.30. The van der Waals surface area contributed by atoms with Gasteiger partial charge >= 0.3 is 0 Å². The Labute approximate surface area is 214 Å². The highest BCUT2D eigenvalue weighted by atomic mass is 15.2. The van der Waals surface area contributed by atoms with Gasteiger partial charge in [0.25, 0.3) is 0 Å². The van der Waals surface area contributed by atoms with Gasteiger partial charge in [-0.05, 0) is 63.3 Å². The van der Waals surface area contributed by atoms with Gasteiger partial charge in [0.2, 0.25) is 0 Å². The van der Waals surface area contributed by atoms with Crippen LogP contribution in [-0.4, -0.2) is 66.9 Å². The Morgan fingerprint density at radius 2 is 1.92 bits per heavy atom. The number of aromatic amines is 2. The minimum absolute atomic E-state index is 0.622. The van der Waals surface area contributed by atoms with Crippen molar-refractivity contribution in [3.63, 3.8) is 0 Å². The molecule has 6 rings (SSSR count). The number of fused-ring (bicyclic) bond motifs is 2. The summed E-state index contributed by atoms with van der Waals surface area (Å²) in [4.78, 5) is 30.5. The predicted octanol–water partition coefficient (Wildman–Crippen LogP) is 4.55. The SMILES string of the molecule is C=N/C(C)=C\N(C)c1cncc2[nH]c(-c3n[nH]c4ccc(-c5cncc(CN6CCCC6)c5)nc34)nc12. The highest BCUT2D eigenvalue weighted by Gasteiger charge is 2.18. The molecule has 0 atom stereocenters. The van der Waals surface area contributed by atoms with E-state index in [1.807, 2.05) is 49.6 Å². The Balaban J connectivity index is 1.37. The fourth-order valence-corrected chi connectivity index (χ4v) is 4.82. The number of rotatable bonds is 7. The van der Waals surface area contributed by atoms with Crippen molar-refractivity contribution in [2.45, 2.75) is 26.3 Å². The van der Waals surface area contributed by atoms with E-state index in [1.165, 1.54) is 18.4 Å². The van der Waals surface area contributed by atoms with Crippen molar-refractivity contribution in [3.05, 3.63) is 60.4 Å². The van der Waals surface area contributed by atoms with Crippen LogP contribution in [0.4, 0.5) is 5.69 Å². The number of anilines is 1. The molecule has 37 heavy (non-hydrogen) atoms. The van der Waals surface area contributed by atoms with Crippen LogP contribution >= 0.6 is 0 Å². The quantitative estimate of drug-likeness (QED) is 0.320. The first-order valence-corrected chi connectivity index (χ1v) is 12.3. The first-order valence-electron chi connectivity index (χ1n) is 12.3. The monoisotopic (exact) mass is 492 g/mol. The number of aliphatic imine (C=N–C) groups is 1. The topological polar surface area (TPSA) is 115 Å². The average molecular weight is 493 g/mol. The molecule has 0 radical (unpaired) electrons. The minimum Gasteiger partial charge on any atom is -0.346 e. The van der Waals surface area contributed by atoms with Crippen molar-refractivity contribution >= 4 is 34.5 Å². The average Bonchev–Trinajstić information content (AvgIpc) is 3.67. The standard InChI is InChI=1S/C27H28N10/c1-17(28-2)15-36(3)23-14-30-13-22-24(23)33-27(32-22)26-25-21(34-35-26)7-6-20(31-25)19-10-18(11-29-12-19)16-37-8-4-5-9-37/h6-7,10-15H,2,4-5,8-9,16H2,1,3H3,(H,32,33)(H,34,35)/b17-15-. The fraction of sp³-hybridized carbons (Fsp3) is 0.259. The van der Waals surface area contributed by atoms with E-state index >= 15 is 0 Å². The van der Waals surface area contributed by atoms with Crippen LogP contribution in [0.1, 0.15) is 25.3 Å². The van der Waals surface area contributed by atoms with Crippen LogP contribution in [-0.2, 0) is 6.54 Å². The normalized spacial score (nSPS) is 14.6. The summed E-state index contributed by atoms with van der Waals surface area (Å²) in [5, 5.41) is 7.64. The van der Waals surface area contributed by atoms with Crippen molar-refractivity contribution in [3.8, 4) is 22.8 Å². The van der Waals surface area contributed by atoms with Gasteiger partial charge in [-0.1, -0.05) is 0 Å². The first kappa shape index (κ1) is 23.0. The molecule has 0 spiro atoms. The summed E-state index contributed by atoms with van der Waals surface area (Å²) in [6.45, 7) is 8.70. The van der Waals surface area contributed by atoms with E-state index in [4.69, 9.17) is 9.97 Å². The maximum absolute atomic E-state index is 4.97. The Hall–Kier alpha value is -4.44. The molecule has 0 aromatic carbocycles. The van der Waals surface area contributed by atoms with Crippen LogP contribution in [0.2, 0.25) is 0 Å². The van der Waals surface area contributed by atoms with E-state index in [0.29, 0.717) is 11.5 Å². The molecule has 0 saturated carbocycles. The second-order valence-corrected chi connectivity index (χ2v) is 9.41. The summed E-state index contributed by atoms with van der Waals surface area (Å²) in [5.41, 5.74) is 8.51. The van der Waals surface area contributed by atoms with Gasteiger partial charge < -0.3 is 9.88 Å². The van der Waals surface area contributed by atoms with Crippen LogP contribution in [0.25, 0.3) is 44.8 Å². The third kappa shape index (κ3) is 4.47. The zero-order valence-corrected chi connectivity index (χ0v) is 20.9. The fourth-order valence-electron chi connectivity index (χ4n) is 4.82. The highest BCUT2D eigenvalue weighted by molar-refractivity contribution is 5.94. The Bertz CT molecular complexity index is 1620. The number of aromatic nitrogens is 7. The molecule has 0 bridgehead atoms. The molecule has 0 aliphatic carbocycles. The second kappa shape index (κ2) is 9.55. The van der Waals surface area contributed by atoms with Crippen molar-refractivity contribution in [2.24, 2.45) is 4.99 Å². The van der Waals surface area contributed by atoms with Crippen LogP contribution < -0.4 is 4.90 Å². The molecule has 1 fully saturated rings. The molecule has 186 valence electrons. The van der Waals surface area contributed by atoms with Gasteiger partial charge in [-0.25, -0.2) is 9.97 Å². The number of hydrogen-bond acceptors (Lipinski definition) is 8. The molecule has 5 aromatic rings. The van der Waals surface area contributed by atoms with E-state index in [-0.39, 0.29) is 0 Å². The molecule has 1 saturated heterocycles. The van der Waals surface area contributed by atoms with E-state index < -0.39 is 0 Å². The number of imidazole rings is 1. The van der Waals surface area contributed by atoms with Crippen molar-refractivity contribution in [1.29, 1.82) is 0 Å². The van der Waals surface area contributed by atoms with E-state index in [0.717, 1.165) is 64.3 Å². The first-order chi connectivity index (χ1) is 18.1. The summed E-state index contributed by atoms with van der Waals surface area (Å²) in [7, 11) is 1.93. The lowest BCUT2D eigenvalue weighted by Gasteiger charge is -2.14. The number of allylic oxidation sites excluding steroid dienone is 1. The summed E-state index contributed by atoms with van der Waals surface area (Å²) in [5.74, 6) is 0.622. The number of likely N-dealkylation sites (tertiary alicyclic amines) is 1. The number of H-pyrrole nitrogens is 2.